The normalized spacial score (nSPS) is 10.9. The first kappa shape index (κ1) is 15.4. The number of nitrogens with zero attached hydrogens (tertiary/aromatic N) is 2. The van der Waals surface area contributed by atoms with Gasteiger partial charge in [0.15, 0.2) is 0 Å². The van der Waals surface area contributed by atoms with E-state index in [1.54, 1.807) is 19.5 Å². The van der Waals surface area contributed by atoms with E-state index in [-0.39, 0.29) is 0 Å². The summed E-state index contributed by atoms with van der Waals surface area (Å²) < 4.78 is 10.7. The average molecular weight is 287 g/mol. The summed E-state index contributed by atoms with van der Waals surface area (Å²) in [5.74, 6) is 0.706. The molecule has 1 heterocycles. The van der Waals surface area contributed by atoms with E-state index >= 15 is 0 Å². The lowest BCUT2D eigenvalue weighted by Gasteiger charge is -2.08. The molecule has 0 aliphatic heterocycles. The lowest BCUT2D eigenvalue weighted by molar-refractivity contribution is 0.184. The SMILES string of the molecule is COCc1cccc(Oc2ncc(CNC(C)C)cn2)c1. The number of ether oxygens (including phenoxy) is 2. The van der Waals surface area contributed by atoms with Gasteiger partial charge in [0, 0.05) is 37.7 Å². The number of benzene rings is 1. The van der Waals surface area contributed by atoms with Gasteiger partial charge in [0.25, 0.3) is 0 Å². The van der Waals surface area contributed by atoms with Crippen LogP contribution in [0.5, 0.6) is 11.8 Å². The standard InChI is InChI=1S/C16H21N3O2/c1-12(2)17-8-14-9-18-16(19-10-14)21-15-6-4-5-13(7-15)11-20-3/h4-7,9-10,12,17H,8,11H2,1-3H3. The quantitative estimate of drug-likeness (QED) is 0.848. The van der Waals surface area contributed by atoms with Crippen molar-refractivity contribution < 1.29 is 9.47 Å². The molecule has 0 fully saturated rings. The number of hydrogen-bond acceptors (Lipinski definition) is 5. The minimum atomic E-state index is 0.345. The van der Waals surface area contributed by atoms with E-state index in [1.165, 1.54) is 0 Å². The second-order valence-corrected chi connectivity index (χ2v) is 5.09. The average Bonchev–Trinajstić information content (AvgIpc) is 2.47. The minimum absolute atomic E-state index is 0.345. The van der Waals surface area contributed by atoms with Gasteiger partial charge < -0.3 is 14.8 Å². The van der Waals surface area contributed by atoms with Gasteiger partial charge in [-0.25, -0.2) is 9.97 Å². The highest BCUT2D eigenvalue weighted by Crippen LogP contribution is 2.19. The van der Waals surface area contributed by atoms with Gasteiger partial charge >= 0.3 is 6.01 Å². The van der Waals surface area contributed by atoms with Crippen LogP contribution in [0.3, 0.4) is 0 Å². The zero-order valence-corrected chi connectivity index (χ0v) is 12.7. The van der Waals surface area contributed by atoms with Crippen LogP contribution in [0.4, 0.5) is 0 Å². The van der Waals surface area contributed by atoms with Crippen molar-refractivity contribution in [3.8, 4) is 11.8 Å². The van der Waals surface area contributed by atoms with Crippen LogP contribution in [0.25, 0.3) is 0 Å². The second kappa shape index (κ2) is 7.71. The Bertz CT molecular complexity index is 556. The predicted octanol–water partition coefficient (Wildman–Crippen LogP) is 2.91. The lowest BCUT2D eigenvalue weighted by atomic mass is 10.2. The minimum Gasteiger partial charge on any atom is -0.424 e. The first-order chi connectivity index (χ1) is 10.2. The highest BCUT2D eigenvalue weighted by Gasteiger charge is 2.03. The first-order valence-electron chi connectivity index (χ1n) is 6.97. The molecule has 0 aliphatic carbocycles. The maximum Gasteiger partial charge on any atom is 0.321 e. The van der Waals surface area contributed by atoms with Crippen molar-refractivity contribution in [1.82, 2.24) is 15.3 Å². The van der Waals surface area contributed by atoms with E-state index in [4.69, 9.17) is 9.47 Å². The molecule has 2 aromatic rings. The van der Waals surface area contributed by atoms with Gasteiger partial charge in [-0.2, -0.15) is 0 Å². The molecule has 0 saturated carbocycles. The third-order valence-corrected chi connectivity index (χ3v) is 2.81. The monoisotopic (exact) mass is 287 g/mol. The molecule has 0 bridgehead atoms. The Hall–Kier alpha value is -1.98. The molecule has 1 aromatic carbocycles. The van der Waals surface area contributed by atoms with Crippen molar-refractivity contribution in [1.29, 1.82) is 0 Å². The van der Waals surface area contributed by atoms with Gasteiger partial charge in [0.2, 0.25) is 0 Å². The molecule has 0 radical (unpaired) electrons. The van der Waals surface area contributed by atoms with Crippen LogP contribution in [0, 0.1) is 0 Å². The van der Waals surface area contributed by atoms with Gasteiger partial charge in [-0.15, -0.1) is 0 Å². The van der Waals surface area contributed by atoms with Gasteiger partial charge in [-0.3, -0.25) is 0 Å². The van der Waals surface area contributed by atoms with Gasteiger partial charge in [-0.1, -0.05) is 26.0 Å². The maximum absolute atomic E-state index is 5.65. The summed E-state index contributed by atoms with van der Waals surface area (Å²) in [5.41, 5.74) is 2.08. The summed E-state index contributed by atoms with van der Waals surface area (Å²) in [7, 11) is 1.67. The molecule has 21 heavy (non-hydrogen) atoms. The first-order valence-corrected chi connectivity index (χ1v) is 6.97. The van der Waals surface area contributed by atoms with E-state index in [0.717, 1.165) is 17.7 Å². The Kier molecular flexibility index (Phi) is 5.66. The number of methoxy groups -OCH3 is 1. The molecule has 0 amide bonds. The molecule has 0 aliphatic rings. The van der Waals surface area contributed by atoms with Crippen LogP contribution >= 0.6 is 0 Å². The zero-order chi connectivity index (χ0) is 15.1. The number of nitrogens with one attached hydrogen (secondary N) is 1. The van der Waals surface area contributed by atoms with Crippen molar-refractivity contribution in [2.45, 2.75) is 33.0 Å². The second-order valence-electron chi connectivity index (χ2n) is 5.09. The van der Waals surface area contributed by atoms with Crippen LogP contribution in [0.2, 0.25) is 0 Å². The highest BCUT2D eigenvalue weighted by atomic mass is 16.5. The van der Waals surface area contributed by atoms with E-state index in [9.17, 15) is 0 Å². The van der Waals surface area contributed by atoms with Crippen molar-refractivity contribution >= 4 is 0 Å². The summed E-state index contributed by atoms with van der Waals surface area (Å²) in [6.07, 6.45) is 3.55. The van der Waals surface area contributed by atoms with Crippen molar-refractivity contribution in [2.24, 2.45) is 0 Å². The number of hydrogen-bond donors (Lipinski definition) is 1. The van der Waals surface area contributed by atoms with Crippen LogP contribution < -0.4 is 10.1 Å². The zero-order valence-electron chi connectivity index (χ0n) is 12.7. The molecular weight excluding hydrogens is 266 g/mol. The molecular formula is C16H21N3O2. The Morgan fingerprint density at radius 2 is 1.90 bits per heavy atom. The van der Waals surface area contributed by atoms with E-state index in [1.807, 2.05) is 24.3 Å². The molecule has 1 N–H and O–H groups in total. The number of aromatic nitrogens is 2. The molecule has 2 rings (SSSR count). The fourth-order valence-corrected chi connectivity index (χ4v) is 1.78. The third-order valence-electron chi connectivity index (χ3n) is 2.81. The fraction of sp³-hybridized carbons (Fsp3) is 0.375. The molecule has 0 unspecified atom stereocenters. The Morgan fingerprint density at radius 3 is 2.57 bits per heavy atom. The predicted molar refractivity (Wildman–Crippen MR) is 81.2 cm³/mol. The van der Waals surface area contributed by atoms with Crippen LogP contribution in [-0.4, -0.2) is 23.1 Å². The molecule has 5 heteroatoms. The largest absolute Gasteiger partial charge is 0.424 e. The molecule has 0 atom stereocenters. The van der Waals surface area contributed by atoms with Crippen molar-refractivity contribution in [3.05, 3.63) is 47.8 Å². The Morgan fingerprint density at radius 1 is 1.14 bits per heavy atom. The van der Waals surface area contributed by atoms with Gasteiger partial charge in [-0.05, 0) is 17.7 Å². The molecule has 0 saturated heterocycles. The Balaban J connectivity index is 1.98. The summed E-state index contributed by atoms with van der Waals surface area (Å²) >= 11 is 0. The van der Waals surface area contributed by atoms with E-state index < -0.39 is 0 Å². The summed E-state index contributed by atoms with van der Waals surface area (Å²) in [4.78, 5) is 8.45. The molecule has 0 spiro atoms. The highest BCUT2D eigenvalue weighted by molar-refractivity contribution is 5.30. The number of rotatable bonds is 7. The van der Waals surface area contributed by atoms with Crippen LogP contribution in [0.15, 0.2) is 36.7 Å². The summed E-state index contributed by atoms with van der Waals surface area (Å²) in [5, 5.41) is 3.32. The van der Waals surface area contributed by atoms with Crippen molar-refractivity contribution in [3.63, 3.8) is 0 Å². The topological polar surface area (TPSA) is 56.3 Å². The molecule has 112 valence electrons. The van der Waals surface area contributed by atoms with E-state index in [2.05, 4.69) is 29.1 Å². The fourth-order valence-electron chi connectivity index (χ4n) is 1.78. The van der Waals surface area contributed by atoms with Crippen LogP contribution in [0.1, 0.15) is 25.0 Å². The van der Waals surface area contributed by atoms with Gasteiger partial charge in [0.05, 0.1) is 6.61 Å². The van der Waals surface area contributed by atoms with Crippen LogP contribution in [-0.2, 0) is 17.9 Å². The summed E-state index contributed by atoms with van der Waals surface area (Å²) in [6, 6.07) is 8.47. The van der Waals surface area contributed by atoms with Crippen molar-refractivity contribution in [2.75, 3.05) is 7.11 Å². The Labute approximate surface area is 125 Å². The van der Waals surface area contributed by atoms with E-state index in [0.29, 0.717) is 24.4 Å². The molecule has 5 nitrogen and oxygen atoms in total. The third kappa shape index (κ3) is 5.13. The smallest absolute Gasteiger partial charge is 0.321 e. The summed E-state index contributed by atoms with van der Waals surface area (Å²) in [6.45, 7) is 5.51. The van der Waals surface area contributed by atoms with Gasteiger partial charge in [0.1, 0.15) is 5.75 Å². The maximum atomic E-state index is 5.65. The molecule has 1 aromatic heterocycles. The lowest BCUT2D eigenvalue weighted by Crippen LogP contribution is -2.21.